The van der Waals surface area contributed by atoms with Crippen molar-refractivity contribution in [2.45, 2.75) is 25.9 Å². The maximum atomic E-state index is 10.7. The molecule has 5 rings (SSSR count). The minimum absolute atomic E-state index is 0.173. The summed E-state index contributed by atoms with van der Waals surface area (Å²) in [6.07, 6.45) is 1.80. The van der Waals surface area contributed by atoms with Crippen molar-refractivity contribution < 1.29 is 5.11 Å². The Morgan fingerprint density at radius 1 is 0.971 bits per heavy atom. The van der Waals surface area contributed by atoms with Crippen LogP contribution in [0.1, 0.15) is 34.7 Å². The number of para-hydroxylation sites is 2. The number of thiocarbonyl (C=S) groups is 1. The number of aromatic hydroxyl groups is 1. The molecule has 6 nitrogen and oxygen atoms in total. The lowest BCUT2D eigenvalue weighted by molar-refractivity contribution is 0.472. The van der Waals surface area contributed by atoms with Gasteiger partial charge < -0.3 is 24.8 Å². The first-order valence-corrected chi connectivity index (χ1v) is 12.0. The summed E-state index contributed by atoms with van der Waals surface area (Å²) in [6, 6.07) is 23.7. The summed E-state index contributed by atoms with van der Waals surface area (Å²) in [5.74, 6) is 0.191. The van der Waals surface area contributed by atoms with E-state index in [4.69, 9.17) is 12.2 Å². The molecule has 178 valence electrons. The lowest BCUT2D eigenvalue weighted by Crippen LogP contribution is -2.29. The Kier molecular flexibility index (Phi) is 5.94. The van der Waals surface area contributed by atoms with Gasteiger partial charge in [-0.25, -0.2) is 0 Å². The van der Waals surface area contributed by atoms with Crippen molar-refractivity contribution in [3.05, 3.63) is 102 Å². The number of anilines is 2. The lowest BCUT2D eigenvalue weighted by atomic mass is 9.96. The fraction of sp³-hybridized carbons (Fsp3) is 0.214. The van der Waals surface area contributed by atoms with E-state index in [1.165, 1.54) is 0 Å². The first kappa shape index (κ1) is 22.9. The SMILES string of the molecule is Cc1cc([C@H]2[C@H](c3ccccn3)NC(=S)N2c2ccccc2O)c(C)n1-c1ccc(N(C)C)cc1. The van der Waals surface area contributed by atoms with Crippen molar-refractivity contribution in [2.75, 3.05) is 23.9 Å². The van der Waals surface area contributed by atoms with E-state index in [1.54, 1.807) is 12.3 Å². The van der Waals surface area contributed by atoms with Crippen LogP contribution < -0.4 is 15.1 Å². The monoisotopic (exact) mass is 483 g/mol. The van der Waals surface area contributed by atoms with E-state index in [-0.39, 0.29) is 17.8 Å². The van der Waals surface area contributed by atoms with E-state index in [9.17, 15) is 5.11 Å². The summed E-state index contributed by atoms with van der Waals surface area (Å²) in [4.78, 5) is 8.76. The molecule has 0 radical (unpaired) electrons. The number of pyridine rings is 1. The Labute approximate surface area is 211 Å². The second kappa shape index (κ2) is 9.07. The van der Waals surface area contributed by atoms with Gasteiger partial charge in [0.05, 0.1) is 23.5 Å². The van der Waals surface area contributed by atoms with Crippen molar-refractivity contribution in [3.63, 3.8) is 0 Å². The fourth-order valence-electron chi connectivity index (χ4n) is 4.98. The molecule has 0 spiro atoms. The molecule has 1 saturated heterocycles. The van der Waals surface area contributed by atoms with Crippen LogP contribution in [0.15, 0.2) is 79.0 Å². The number of hydrogen-bond acceptors (Lipinski definition) is 4. The summed E-state index contributed by atoms with van der Waals surface area (Å²) in [5.41, 5.74) is 7.22. The van der Waals surface area contributed by atoms with Crippen LogP contribution in [-0.2, 0) is 0 Å². The Morgan fingerprint density at radius 3 is 2.34 bits per heavy atom. The van der Waals surface area contributed by atoms with E-state index >= 15 is 0 Å². The smallest absolute Gasteiger partial charge is 0.174 e. The standard InChI is InChI=1S/C28H29N5OS/c1-18-17-22(19(2)32(18)21-14-12-20(13-15-21)31(3)4)27-26(23-9-7-8-16-29-23)30-28(35)33(27)24-10-5-6-11-25(24)34/h5-17,26-27,34H,1-4H3,(H,30,35)/t26-,27-/m0/s1. The van der Waals surface area contributed by atoms with Crippen LogP contribution in [0.3, 0.4) is 0 Å². The van der Waals surface area contributed by atoms with Crippen molar-refractivity contribution in [1.29, 1.82) is 0 Å². The van der Waals surface area contributed by atoms with E-state index in [2.05, 4.69) is 63.9 Å². The third-order valence-electron chi connectivity index (χ3n) is 6.65. The van der Waals surface area contributed by atoms with Crippen LogP contribution in [0, 0.1) is 13.8 Å². The molecule has 3 heterocycles. The molecule has 0 aliphatic carbocycles. The molecule has 0 amide bonds. The number of aryl methyl sites for hydroxylation is 1. The maximum Gasteiger partial charge on any atom is 0.174 e. The minimum atomic E-state index is -0.188. The van der Waals surface area contributed by atoms with Gasteiger partial charge in [0, 0.05) is 43.1 Å². The average molecular weight is 484 g/mol. The zero-order chi connectivity index (χ0) is 24.7. The average Bonchev–Trinajstić information content (AvgIpc) is 3.35. The quantitative estimate of drug-likeness (QED) is 0.369. The highest BCUT2D eigenvalue weighted by Gasteiger charge is 2.43. The second-order valence-corrected chi connectivity index (χ2v) is 9.44. The number of rotatable bonds is 5. The van der Waals surface area contributed by atoms with Crippen molar-refractivity contribution in [2.24, 2.45) is 0 Å². The molecule has 0 unspecified atom stereocenters. The van der Waals surface area contributed by atoms with Gasteiger partial charge in [-0.15, -0.1) is 0 Å². The zero-order valence-corrected chi connectivity index (χ0v) is 21.1. The molecular weight excluding hydrogens is 454 g/mol. The van der Waals surface area contributed by atoms with Crippen LogP contribution in [0.25, 0.3) is 5.69 Å². The van der Waals surface area contributed by atoms with Gasteiger partial charge in [0.25, 0.3) is 0 Å². The number of phenolic OH excluding ortho intramolecular Hbond substituents is 1. The normalized spacial score (nSPS) is 17.5. The van der Waals surface area contributed by atoms with E-state index in [0.29, 0.717) is 10.8 Å². The van der Waals surface area contributed by atoms with Gasteiger partial charge in [-0.05, 0) is 86.2 Å². The molecule has 2 aromatic carbocycles. The van der Waals surface area contributed by atoms with Crippen molar-refractivity contribution in [1.82, 2.24) is 14.9 Å². The molecule has 2 aromatic heterocycles. The van der Waals surface area contributed by atoms with Crippen molar-refractivity contribution >= 4 is 28.7 Å². The van der Waals surface area contributed by atoms with Crippen LogP contribution >= 0.6 is 12.2 Å². The third-order valence-corrected chi connectivity index (χ3v) is 6.97. The largest absolute Gasteiger partial charge is 0.506 e. The highest BCUT2D eigenvalue weighted by atomic mass is 32.1. The number of nitrogens with zero attached hydrogens (tertiary/aromatic N) is 4. The first-order chi connectivity index (χ1) is 16.9. The molecule has 2 atom stereocenters. The Hall–Kier alpha value is -3.84. The zero-order valence-electron chi connectivity index (χ0n) is 20.3. The Morgan fingerprint density at radius 2 is 1.69 bits per heavy atom. The van der Waals surface area contributed by atoms with Crippen LogP contribution in [0.5, 0.6) is 5.75 Å². The summed E-state index contributed by atoms with van der Waals surface area (Å²) in [5, 5.41) is 14.8. The number of hydrogen-bond donors (Lipinski definition) is 2. The topological polar surface area (TPSA) is 56.6 Å². The van der Waals surface area contributed by atoms with Gasteiger partial charge in [0.1, 0.15) is 5.75 Å². The van der Waals surface area contributed by atoms with Gasteiger partial charge in [-0.3, -0.25) is 4.98 Å². The summed E-state index contributed by atoms with van der Waals surface area (Å²) in [6.45, 7) is 4.26. The van der Waals surface area contributed by atoms with E-state index in [0.717, 1.165) is 34.0 Å². The summed E-state index contributed by atoms with van der Waals surface area (Å²) >= 11 is 5.82. The van der Waals surface area contributed by atoms with Gasteiger partial charge in [0.2, 0.25) is 0 Å². The Bertz CT molecular complexity index is 1360. The highest BCUT2D eigenvalue weighted by molar-refractivity contribution is 7.80. The number of aromatic nitrogens is 2. The van der Waals surface area contributed by atoms with Gasteiger partial charge in [0.15, 0.2) is 5.11 Å². The molecule has 2 N–H and O–H groups in total. The van der Waals surface area contributed by atoms with Crippen LogP contribution in [0.2, 0.25) is 0 Å². The Balaban J connectivity index is 1.66. The molecule has 1 aliphatic heterocycles. The summed E-state index contributed by atoms with van der Waals surface area (Å²) in [7, 11) is 4.08. The molecule has 7 heteroatoms. The van der Waals surface area contributed by atoms with Crippen LogP contribution in [0.4, 0.5) is 11.4 Å². The fourth-order valence-corrected chi connectivity index (χ4v) is 5.32. The predicted octanol–water partition coefficient (Wildman–Crippen LogP) is 5.44. The van der Waals surface area contributed by atoms with Crippen LogP contribution in [-0.4, -0.2) is 33.9 Å². The highest BCUT2D eigenvalue weighted by Crippen LogP contribution is 2.45. The molecule has 0 bridgehead atoms. The van der Waals surface area contributed by atoms with Gasteiger partial charge >= 0.3 is 0 Å². The van der Waals surface area contributed by atoms with Gasteiger partial charge in [-0.2, -0.15) is 0 Å². The van der Waals surface area contributed by atoms with E-state index < -0.39 is 0 Å². The molecular formula is C28H29N5OS. The van der Waals surface area contributed by atoms with Crippen molar-refractivity contribution in [3.8, 4) is 11.4 Å². The number of benzene rings is 2. The molecule has 0 saturated carbocycles. The van der Waals surface area contributed by atoms with Gasteiger partial charge in [-0.1, -0.05) is 18.2 Å². The first-order valence-electron chi connectivity index (χ1n) is 11.6. The summed E-state index contributed by atoms with van der Waals surface area (Å²) < 4.78 is 2.27. The maximum absolute atomic E-state index is 10.7. The number of phenols is 1. The van der Waals surface area contributed by atoms with E-state index in [1.807, 2.05) is 55.4 Å². The number of nitrogens with one attached hydrogen (secondary N) is 1. The molecule has 1 fully saturated rings. The minimum Gasteiger partial charge on any atom is -0.506 e. The third kappa shape index (κ3) is 4.02. The predicted molar refractivity (Wildman–Crippen MR) is 146 cm³/mol. The molecule has 4 aromatic rings. The second-order valence-electron chi connectivity index (χ2n) is 9.06. The molecule has 1 aliphatic rings. The molecule has 35 heavy (non-hydrogen) atoms. The lowest BCUT2D eigenvalue weighted by Gasteiger charge is -2.28.